The zero-order chi connectivity index (χ0) is 17.4. The van der Waals surface area contributed by atoms with E-state index in [4.69, 9.17) is 9.47 Å². The molecule has 1 atom stereocenters. The van der Waals surface area contributed by atoms with Gasteiger partial charge in [0.1, 0.15) is 19.3 Å². The van der Waals surface area contributed by atoms with E-state index in [1.54, 1.807) is 12.1 Å². The second kappa shape index (κ2) is 6.41. The molecule has 0 spiro atoms. The molecule has 130 valence electrons. The summed E-state index contributed by atoms with van der Waals surface area (Å²) in [6.45, 7) is 2.95. The number of aliphatic hydroxyl groups is 1. The minimum Gasteiger partial charge on any atom is -0.486 e. The Balaban J connectivity index is 1.72. The van der Waals surface area contributed by atoms with Crippen molar-refractivity contribution in [3.05, 3.63) is 53.1 Å². The predicted molar refractivity (Wildman–Crippen MR) is 94.0 cm³/mol. The van der Waals surface area contributed by atoms with Crippen molar-refractivity contribution in [2.24, 2.45) is 5.92 Å². The molecule has 4 rings (SSSR count). The first kappa shape index (κ1) is 16.0. The maximum Gasteiger partial charge on any atom is 0.227 e. The van der Waals surface area contributed by atoms with Crippen LogP contribution in [0.15, 0.2) is 36.4 Å². The number of hydrogen-bond donors (Lipinski definition) is 2. The molecule has 1 saturated carbocycles. The standard InChI is InChI=1S/C20H21NO4/c1-12-2-4-13(5-3-12)19(22)15-10-17-18(25-9-8-24-17)11-16(15)21-20(23)14-6-7-14/h2-5,10-11,14,19,22H,6-9H2,1H3,(H,21,23). The van der Waals surface area contributed by atoms with Gasteiger partial charge in [-0.25, -0.2) is 0 Å². The van der Waals surface area contributed by atoms with Crippen molar-refractivity contribution in [2.75, 3.05) is 18.5 Å². The van der Waals surface area contributed by atoms with Gasteiger partial charge in [0.25, 0.3) is 0 Å². The first-order chi connectivity index (χ1) is 12.1. The number of carbonyl (C=O) groups is 1. The second-order valence-corrected chi connectivity index (χ2v) is 6.66. The lowest BCUT2D eigenvalue weighted by atomic mass is 9.98. The number of nitrogens with one attached hydrogen (secondary N) is 1. The summed E-state index contributed by atoms with van der Waals surface area (Å²) >= 11 is 0. The number of anilines is 1. The van der Waals surface area contributed by atoms with Gasteiger partial charge in [-0.05, 0) is 31.4 Å². The van der Waals surface area contributed by atoms with Gasteiger partial charge in [-0.15, -0.1) is 0 Å². The third-order valence-electron chi connectivity index (χ3n) is 4.61. The number of amides is 1. The Labute approximate surface area is 146 Å². The molecule has 1 unspecified atom stereocenters. The third kappa shape index (κ3) is 3.33. The minimum atomic E-state index is -0.856. The van der Waals surface area contributed by atoms with E-state index in [0.29, 0.717) is 36.0 Å². The van der Waals surface area contributed by atoms with Crippen molar-refractivity contribution in [1.82, 2.24) is 0 Å². The lowest BCUT2D eigenvalue weighted by Gasteiger charge is -2.23. The van der Waals surface area contributed by atoms with Crippen LogP contribution in [0.1, 0.15) is 35.6 Å². The Morgan fingerprint density at radius 2 is 1.76 bits per heavy atom. The molecule has 1 heterocycles. The summed E-state index contributed by atoms with van der Waals surface area (Å²) in [5.74, 6) is 1.26. The number of aliphatic hydroxyl groups excluding tert-OH is 1. The van der Waals surface area contributed by atoms with Gasteiger partial charge < -0.3 is 19.9 Å². The highest BCUT2D eigenvalue weighted by Crippen LogP contribution is 2.40. The lowest BCUT2D eigenvalue weighted by Crippen LogP contribution is -2.19. The number of benzene rings is 2. The van der Waals surface area contributed by atoms with Gasteiger partial charge in [0.2, 0.25) is 5.91 Å². The zero-order valence-electron chi connectivity index (χ0n) is 14.1. The fourth-order valence-electron chi connectivity index (χ4n) is 2.95. The first-order valence-corrected chi connectivity index (χ1v) is 8.61. The molecule has 0 bridgehead atoms. The molecule has 1 amide bonds. The van der Waals surface area contributed by atoms with Crippen LogP contribution < -0.4 is 14.8 Å². The van der Waals surface area contributed by atoms with Gasteiger partial charge in [0.15, 0.2) is 11.5 Å². The van der Waals surface area contributed by atoms with Crippen LogP contribution in [0.4, 0.5) is 5.69 Å². The monoisotopic (exact) mass is 339 g/mol. The number of ether oxygens (including phenoxy) is 2. The van der Waals surface area contributed by atoms with E-state index in [9.17, 15) is 9.90 Å². The summed E-state index contributed by atoms with van der Waals surface area (Å²) in [4.78, 5) is 12.2. The molecule has 5 heteroatoms. The van der Waals surface area contributed by atoms with Crippen molar-refractivity contribution < 1.29 is 19.4 Å². The van der Waals surface area contributed by atoms with E-state index in [0.717, 1.165) is 24.0 Å². The fourth-order valence-corrected chi connectivity index (χ4v) is 2.95. The van der Waals surface area contributed by atoms with Crippen LogP contribution in [0.2, 0.25) is 0 Å². The Morgan fingerprint density at radius 3 is 2.40 bits per heavy atom. The maximum atomic E-state index is 12.2. The quantitative estimate of drug-likeness (QED) is 0.898. The van der Waals surface area contributed by atoms with E-state index in [1.807, 2.05) is 31.2 Å². The van der Waals surface area contributed by atoms with Gasteiger partial charge in [-0.1, -0.05) is 29.8 Å². The topological polar surface area (TPSA) is 67.8 Å². The van der Waals surface area contributed by atoms with Crippen molar-refractivity contribution in [3.8, 4) is 11.5 Å². The fraction of sp³-hybridized carbons (Fsp3) is 0.350. The average Bonchev–Trinajstić information content (AvgIpc) is 3.46. The van der Waals surface area contributed by atoms with E-state index in [1.165, 1.54) is 0 Å². The molecule has 2 N–H and O–H groups in total. The van der Waals surface area contributed by atoms with Gasteiger partial charge in [0.05, 0.1) is 5.69 Å². The maximum absolute atomic E-state index is 12.2. The van der Waals surface area contributed by atoms with Crippen LogP contribution in [0.3, 0.4) is 0 Å². The SMILES string of the molecule is Cc1ccc(C(O)c2cc3c(cc2NC(=O)C2CC2)OCCO3)cc1. The average molecular weight is 339 g/mol. The molecular formula is C20H21NO4. The Bertz CT molecular complexity index is 796. The lowest BCUT2D eigenvalue weighted by molar-refractivity contribution is -0.117. The first-order valence-electron chi connectivity index (χ1n) is 8.61. The molecule has 0 saturated heterocycles. The predicted octanol–water partition coefficient (Wildman–Crippen LogP) is 3.20. The molecule has 0 aromatic heterocycles. The summed E-state index contributed by atoms with van der Waals surface area (Å²) in [5.41, 5.74) is 3.08. The zero-order valence-corrected chi connectivity index (χ0v) is 14.1. The molecule has 2 aliphatic rings. The highest BCUT2D eigenvalue weighted by molar-refractivity contribution is 5.95. The van der Waals surface area contributed by atoms with Crippen LogP contribution in [0.25, 0.3) is 0 Å². The molecular weight excluding hydrogens is 318 g/mol. The molecule has 1 fully saturated rings. The van der Waals surface area contributed by atoms with Crippen molar-refractivity contribution in [2.45, 2.75) is 25.9 Å². The van der Waals surface area contributed by atoms with Crippen molar-refractivity contribution >= 4 is 11.6 Å². The summed E-state index contributed by atoms with van der Waals surface area (Å²) in [6, 6.07) is 11.2. The molecule has 1 aliphatic carbocycles. The summed E-state index contributed by atoms with van der Waals surface area (Å²) in [5, 5.41) is 13.8. The third-order valence-corrected chi connectivity index (χ3v) is 4.61. The molecule has 2 aromatic rings. The molecule has 2 aromatic carbocycles. The van der Waals surface area contributed by atoms with Crippen LogP contribution in [0.5, 0.6) is 11.5 Å². The Hall–Kier alpha value is -2.53. The molecule has 25 heavy (non-hydrogen) atoms. The summed E-state index contributed by atoms with van der Waals surface area (Å²) in [7, 11) is 0. The van der Waals surface area contributed by atoms with Crippen LogP contribution in [-0.4, -0.2) is 24.2 Å². The summed E-state index contributed by atoms with van der Waals surface area (Å²) in [6.07, 6.45) is 0.990. The second-order valence-electron chi connectivity index (χ2n) is 6.66. The Morgan fingerprint density at radius 1 is 1.12 bits per heavy atom. The number of hydrogen-bond acceptors (Lipinski definition) is 4. The van der Waals surface area contributed by atoms with Gasteiger partial charge in [-0.2, -0.15) is 0 Å². The minimum absolute atomic E-state index is 0.00552. The molecule has 1 aliphatic heterocycles. The number of carbonyl (C=O) groups excluding carboxylic acids is 1. The number of rotatable bonds is 4. The largest absolute Gasteiger partial charge is 0.486 e. The molecule has 5 nitrogen and oxygen atoms in total. The van der Waals surface area contributed by atoms with Gasteiger partial charge >= 0.3 is 0 Å². The van der Waals surface area contributed by atoms with E-state index in [-0.39, 0.29) is 11.8 Å². The van der Waals surface area contributed by atoms with Crippen LogP contribution in [-0.2, 0) is 4.79 Å². The van der Waals surface area contributed by atoms with Crippen LogP contribution in [0, 0.1) is 12.8 Å². The van der Waals surface area contributed by atoms with E-state index >= 15 is 0 Å². The molecule has 0 radical (unpaired) electrons. The van der Waals surface area contributed by atoms with E-state index in [2.05, 4.69) is 5.32 Å². The number of aryl methyl sites for hydroxylation is 1. The van der Waals surface area contributed by atoms with Gasteiger partial charge in [0, 0.05) is 17.5 Å². The number of fused-ring (bicyclic) bond motifs is 1. The van der Waals surface area contributed by atoms with Gasteiger partial charge in [-0.3, -0.25) is 4.79 Å². The van der Waals surface area contributed by atoms with Crippen molar-refractivity contribution in [3.63, 3.8) is 0 Å². The smallest absolute Gasteiger partial charge is 0.227 e. The van der Waals surface area contributed by atoms with Crippen molar-refractivity contribution in [1.29, 1.82) is 0 Å². The van der Waals surface area contributed by atoms with Crippen LogP contribution >= 0.6 is 0 Å². The summed E-state index contributed by atoms with van der Waals surface area (Å²) < 4.78 is 11.3. The van der Waals surface area contributed by atoms with E-state index < -0.39 is 6.10 Å². The normalized spacial score (nSPS) is 17.0. The highest BCUT2D eigenvalue weighted by Gasteiger charge is 2.31. The Kier molecular flexibility index (Phi) is 4.09. The highest BCUT2D eigenvalue weighted by atomic mass is 16.6.